The number of rotatable bonds is 1. The van der Waals surface area contributed by atoms with E-state index < -0.39 is 0 Å². The summed E-state index contributed by atoms with van der Waals surface area (Å²) in [6.07, 6.45) is 6.63. The van der Waals surface area contributed by atoms with Gasteiger partial charge in [0.1, 0.15) is 0 Å². The average Bonchev–Trinajstić information content (AvgIpc) is 2.30. The van der Waals surface area contributed by atoms with E-state index in [4.69, 9.17) is 10.3 Å². The maximum Gasteiger partial charge on any atom is 0.295 e. The third-order valence-electron chi connectivity index (χ3n) is 2.47. The highest BCUT2D eigenvalue weighted by Crippen LogP contribution is 2.13. The Morgan fingerprint density at radius 1 is 1.27 bits per heavy atom. The minimum absolute atomic E-state index is 0. The van der Waals surface area contributed by atoms with E-state index in [9.17, 15) is 0 Å². The van der Waals surface area contributed by atoms with Gasteiger partial charge in [-0.15, -0.1) is 0 Å². The Bertz CT molecular complexity index is 326. The molecule has 1 heterocycles. The summed E-state index contributed by atoms with van der Waals surface area (Å²) in [5, 5.41) is 0. The fourth-order valence-corrected chi connectivity index (χ4v) is 1.66. The molecule has 0 radical (unpaired) electrons. The van der Waals surface area contributed by atoms with E-state index in [2.05, 4.69) is 15.8 Å². The van der Waals surface area contributed by atoms with Crippen LogP contribution in [0.4, 0.5) is 0 Å². The second-order valence-corrected chi connectivity index (χ2v) is 3.36. The maximum atomic E-state index is 8.56. The third kappa shape index (κ3) is 2.93. The Balaban J connectivity index is 0.00000112. The molecule has 1 saturated heterocycles. The molecular weight excluding hydrogens is 214 g/mol. The van der Waals surface area contributed by atoms with E-state index in [1.54, 1.807) is 0 Å². The quantitative estimate of drug-likeness (QED) is 0.378. The first-order valence-corrected chi connectivity index (χ1v) is 4.82. The molecule has 2 rings (SSSR count). The molecule has 4 nitrogen and oxygen atoms in total. The van der Waals surface area contributed by atoms with Gasteiger partial charge in [0.2, 0.25) is 0 Å². The second-order valence-electron chi connectivity index (χ2n) is 3.36. The zero-order valence-electron chi connectivity index (χ0n) is 8.40. The van der Waals surface area contributed by atoms with Gasteiger partial charge in [0.05, 0.1) is 19.6 Å². The van der Waals surface area contributed by atoms with Crippen molar-refractivity contribution in [3.05, 3.63) is 29.5 Å². The Morgan fingerprint density at radius 3 is 2.53 bits per heavy atom. The molecule has 0 aromatic rings. The van der Waals surface area contributed by atoms with Crippen molar-refractivity contribution >= 4 is 5.71 Å². The molecule has 0 unspecified atom stereocenters. The molecule has 0 spiro atoms. The zero-order chi connectivity index (χ0) is 9.80. The number of morpholine rings is 1. The summed E-state index contributed by atoms with van der Waals surface area (Å²) < 4.78 is 5.28. The van der Waals surface area contributed by atoms with Crippen LogP contribution in [0.15, 0.2) is 23.9 Å². The van der Waals surface area contributed by atoms with Crippen LogP contribution >= 0.6 is 0 Å². The molecule has 0 aromatic carbocycles. The van der Waals surface area contributed by atoms with Gasteiger partial charge in [0, 0.05) is 24.9 Å². The molecular formula is C10H13ClN3O-. The predicted octanol–water partition coefficient (Wildman–Crippen LogP) is -2.16. The molecule has 1 aliphatic heterocycles. The molecule has 2 aliphatic rings. The van der Waals surface area contributed by atoms with Crippen LogP contribution in [0.1, 0.15) is 6.42 Å². The number of nitrogens with zero attached hydrogens (tertiary/aromatic N) is 3. The molecule has 1 aliphatic carbocycles. The first kappa shape index (κ1) is 12.0. The van der Waals surface area contributed by atoms with Crippen LogP contribution in [-0.4, -0.2) is 41.7 Å². The molecule has 0 atom stereocenters. The standard InChI is InChI=1S/C10H13N3O.ClH/c11-12-9-1-3-10(4-2-9)13-5-7-14-8-6-13;/h1,3-4H,2,5-8H2;1H/p-1. The zero-order valence-corrected chi connectivity index (χ0v) is 9.15. The monoisotopic (exact) mass is 226 g/mol. The molecule has 0 amide bonds. The van der Waals surface area contributed by atoms with Crippen LogP contribution in [0.2, 0.25) is 0 Å². The van der Waals surface area contributed by atoms with Crippen molar-refractivity contribution in [3.63, 3.8) is 0 Å². The Morgan fingerprint density at radius 2 is 2.00 bits per heavy atom. The lowest BCUT2D eigenvalue weighted by molar-refractivity contribution is -0.00563. The topological polar surface area (TPSA) is 48.9 Å². The van der Waals surface area contributed by atoms with Crippen molar-refractivity contribution < 1.29 is 21.9 Å². The predicted molar refractivity (Wildman–Crippen MR) is 52.9 cm³/mol. The minimum Gasteiger partial charge on any atom is -1.00 e. The summed E-state index contributed by atoms with van der Waals surface area (Å²) in [6, 6.07) is 0. The number of allylic oxidation sites excluding steroid dienone is 3. The maximum absolute atomic E-state index is 8.56. The fraction of sp³-hybridized carbons (Fsp3) is 0.500. The fourth-order valence-electron chi connectivity index (χ4n) is 1.66. The van der Waals surface area contributed by atoms with Crippen molar-refractivity contribution in [1.82, 2.24) is 4.90 Å². The summed E-state index contributed by atoms with van der Waals surface area (Å²) in [5.41, 5.74) is 10.5. The molecule has 1 fully saturated rings. The van der Waals surface area contributed by atoms with Gasteiger partial charge in [-0.05, 0) is 12.2 Å². The van der Waals surface area contributed by atoms with E-state index in [-0.39, 0.29) is 12.4 Å². The molecule has 82 valence electrons. The van der Waals surface area contributed by atoms with Crippen LogP contribution in [-0.2, 0) is 4.74 Å². The van der Waals surface area contributed by atoms with Crippen molar-refractivity contribution in [2.75, 3.05) is 26.3 Å². The molecule has 0 bridgehead atoms. The highest BCUT2D eigenvalue weighted by atomic mass is 35.5. The smallest absolute Gasteiger partial charge is 0.295 e. The average molecular weight is 227 g/mol. The van der Waals surface area contributed by atoms with Crippen LogP contribution < -0.4 is 12.4 Å². The molecule has 5 heteroatoms. The van der Waals surface area contributed by atoms with E-state index >= 15 is 0 Å². The van der Waals surface area contributed by atoms with Gasteiger partial charge >= 0.3 is 0 Å². The summed E-state index contributed by atoms with van der Waals surface area (Å²) in [5.74, 6) is 0. The lowest BCUT2D eigenvalue weighted by Crippen LogP contribution is -3.00. The van der Waals surface area contributed by atoms with Gasteiger partial charge in [0.15, 0.2) is 0 Å². The Kier molecular flexibility index (Phi) is 4.56. The van der Waals surface area contributed by atoms with E-state index in [0.717, 1.165) is 26.3 Å². The van der Waals surface area contributed by atoms with Crippen molar-refractivity contribution in [2.24, 2.45) is 0 Å². The van der Waals surface area contributed by atoms with Crippen LogP contribution in [0, 0.1) is 0 Å². The van der Waals surface area contributed by atoms with E-state index in [0.29, 0.717) is 12.1 Å². The highest BCUT2D eigenvalue weighted by molar-refractivity contribution is 5.92. The van der Waals surface area contributed by atoms with Crippen molar-refractivity contribution in [3.8, 4) is 0 Å². The second kappa shape index (κ2) is 5.71. The van der Waals surface area contributed by atoms with Crippen LogP contribution in [0.3, 0.4) is 0 Å². The molecule has 0 saturated carbocycles. The number of hydrogen-bond acceptors (Lipinski definition) is 2. The van der Waals surface area contributed by atoms with Gasteiger partial charge in [-0.2, -0.15) is 4.79 Å². The highest BCUT2D eigenvalue weighted by Gasteiger charge is 2.15. The molecule has 15 heavy (non-hydrogen) atoms. The lowest BCUT2D eigenvalue weighted by atomic mass is 10.1. The normalized spacial score (nSPS) is 20.4. The lowest BCUT2D eigenvalue weighted by Gasteiger charge is -2.30. The molecule has 0 aromatic heterocycles. The summed E-state index contributed by atoms with van der Waals surface area (Å²) in [4.78, 5) is 5.46. The number of hydrogen-bond donors (Lipinski definition) is 0. The van der Waals surface area contributed by atoms with Gasteiger partial charge in [-0.1, -0.05) is 0 Å². The minimum atomic E-state index is 0. The summed E-state index contributed by atoms with van der Waals surface area (Å²) >= 11 is 0. The van der Waals surface area contributed by atoms with Gasteiger partial charge in [0.25, 0.3) is 5.71 Å². The first-order valence-electron chi connectivity index (χ1n) is 4.82. The Hall–Kier alpha value is -1.09. The largest absolute Gasteiger partial charge is 1.00 e. The summed E-state index contributed by atoms with van der Waals surface area (Å²) in [7, 11) is 0. The van der Waals surface area contributed by atoms with Gasteiger partial charge in [-0.3, -0.25) is 0 Å². The van der Waals surface area contributed by atoms with Gasteiger partial charge in [-0.25, -0.2) is 0 Å². The first-order chi connectivity index (χ1) is 6.90. The number of ether oxygens (including phenoxy) is 1. The van der Waals surface area contributed by atoms with Crippen molar-refractivity contribution in [1.29, 1.82) is 0 Å². The Labute approximate surface area is 95.2 Å². The van der Waals surface area contributed by atoms with Crippen LogP contribution in [0.5, 0.6) is 0 Å². The number of halogens is 1. The van der Waals surface area contributed by atoms with E-state index in [1.165, 1.54) is 5.70 Å². The molecule has 0 N–H and O–H groups in total. The van der Waals surface area contributed by atoms with Gasteiger partial charge < -0.3 is 27.6 Å². The van der Waals surface area contributed by atoms with Crippen molar-refractivity contribution in [2.45, 2.75) is 6.42 Å². The van der Waals surface area contributed by atoms with E-state index in [1.807, 2.05) is 12.2 Å². The van der Waals surface area contributed by atoms with Crippen LogP contribution in [0.25, 0.3) is 5.53 Å². The summed E-state index contributed by atoms with van der Waals surface area (Å²) in [6.45, 7) is 3.49. The SMILES string of the molecule is [Cl-].[N-]=[N+]=C1C=CC(N2CCOCC2)=CC1. The third-order valence-corrected chi connectivity index (χ3v) is 2.47.